The molecule has 14 aromatic rings. The molecule has 8 N–H and O–H groups in total. The number of imidazole rings is 3. The molecule has 0 radical (unpaired) electrons. The molecule has 17 rings (SSSR count). The van der Waals surface area contributed by atoms with Gasteiger partial charge in [-0.15, -0.1) is 47.2 Å². The Morgan fingerprint density at radius 2 is 0.807 bits per heavy atom. The van der Waals surface area contributed by atoms with E-state index in [9.17, 15) is 14.4 Å². The standard InChI is InChI=1S/C30H30ClN5O4.C21H18Cl2N4O2.C21H20ClN5O2.C9H13NO2.CH2Cl2.HI/c1-35-25-9-5-19(31)14-22(25)28(32-17-18-4-7-21(38-2)16-26(18)39-3)27(30(35)37)29-33-23-8-6-20(15-24(23)34-29)36-10-12-40-13-11-36;2*1-26-17-5-2-12(22)10-14(17)19(23)18(21(26)28)20-24-15-4-3-13(11-16(15)25-20)27-6-8-29-9-7-27;1-11-8-4-3-7(6-10)9(5-8)12-2;2-1-3;/h4-9,14-16,32H,10-13,17H2,1-3H3,(H,33,34);2-5,10-11H,6-9H2,1H3,(H,24,25);2-5,10-11H,6-9,23H2,1H3,(H,24,25);3-5H,6,10H2,1-2H3;1H2;1H. The summed E-state index contributed by atoms with van der Waals surface area (Å²) < 4.78 is 42.2. The molecule has 6 aromatic heterocycles. The van der Waals surface area contributed by atoms with Gasteiger partial charge in [0.15, 0.2) is 0 Å². The molecular formula is C82H84Cl6IN15O10. The Bertz CT molecular complexity index is 5810. The number of hydrogen-bond donors (Lipinski definition) is 6. The zero-order valence-corrected chi connectivity index (χ0v) is 70.3. The van der Waals surface area contributed by atoms with Crippen molar-refractivity contribution in [2.24, 2.45) is 26.9 Å². The second kappa shape index (κ2) is 37.7. The Hall–Kier alpha value is -9.69. The molecule has 3 aliphatic rings. The Morgan fingerprint density at radius 3 is 1.23 bits per heavy atom. The van der Waals surface area contributed by atoms with Crippen LogP contribution in [0.2, 0.25) is 20.1 Å². The second-order valence-electron chi connectivity index (χ2n) is 26.5. The van der Waals surface area contributed by atoms with E-state index in [1.165, 1.54) is 0 Å². The summed E-state index contributed by atoms with van der Waals surface area (Å²) in [5.74, 6) is 4.33. The number of pyridine rings is 3. The summed E-state index contributed by atoms with van der Waals surface area (Å²) >= 11 is 34.9. The van der Waals surface area contributed by atoms with Gasteiger partial charge in [-0.1, -0.05) is 52.5 Å². The van der Waals surface area contributed by atoms with E-state index in [2.05, 4.69) is 63.1 Å². The van der Waals surface area contributed by atoms with Crippen LogP contribution in [0, 0.1) is 0 Å². The first-order valence-electron chi connectivity index (χ1n) is 36.1. The highest BCUT2D eigenvalue weighted by Gasteiger charge is 2.26. The number of nitrogens with two attached hydrogens (primary N) is 2. The minimum absolute atomic E-state index is 0. The van der Waals surface area contributed by atoms with Crippen molar-refractivity contribution in [1.82, 2.24) is 43.6 Å². The van der Waals surface area contributed by atoms with Crippen molar-refractivity contribution < 1.29 is 33.2 Å². The van der Waals surface area contributed by atoms with Crippen molar-refractivity contribution in [2.75, 3.05) is 138 Å². The van der Waals surface area contributed by atoms with Gasteiger partial charge >= 0.3 is 0 Å². The highest BCUT2D eigenvalue weighted by molar-refractivity contribution is 14.0. The lowest BCUT2D eigenvalue weighted by molar-refractivity contribution is 0.122. The van der Waals surface area contributed by atoms with Crippen LogP contribution in [0.4, 0.5) is 28.4 Å². The van der Waals surface area contributed by atoms with Crippen LogP contribution in [0.1, 0.15) is 11.1 Å². The van der Waals surface area contributed by atoms with Crippen LogP contribution in [0.25, 0.3) is 100.0 Å². The first-order chi connectivity index (χ1) is 54.7. The maximum absolute atomic E-state index is 13.9. The third kappa shape index (κ3) is 18.0. The van der Waals surface area contributed by atoms with Crippen LogP contribution < -0.4 is 67.1 Å². The first kappa shape index (κ1) is 83.7. The lowest BCUT2D eigenvalue weighted by Gasteiger charge is -2.28. The summed E-state index contributed by atoms with van der Waals surface area (Å²) in [4.78, 5) is 70.9. The molecule has 3 saturated heterocycles. The van der Waals surface area contributed by atoms with Gasteiger partial charge < -0.3 is 93.3 Å². The van der Waals surface area contributed by atoms with E-state index in [0.717, 1.165) is 166 Å². The Kier molecular flexibility index (Phi) is 27.7. The average molecular weight is 1780 g/mol. The zero-order chi connectivity index (χ0) is 79.7. The fourth-order valence-electron chi connectivity index (χ4n) is 14.0. The van der Waals surface area contributed by atoms with Crippen molar-refractivity contribution >= 4 is 188 Å². The largest absolute Gasteiger partial charge is 0.497 e. The lowest BCUT2D eigenvalue weighted by atomic mass is 10.1. The van der Waals surface area contributed by atoms with Crippen molar-refractivity contribution in [3.63, 3.8) is 0 Å². The number of benzene rings is 8. The summed E-state index contributed by atoms with van der Waals surface area (Å²) in [5, 5.41) is 8.00. The van der Waals surface area contributed by atoms with Crippen LogP contribution in [0.5, 0.6) is 23.0 Å². The number of aromatic nitrogens is 9. The normalized spacial score (nSPS) is 13.5. The number of fused-ring (bicyclic) bond motifs is 6. The molecule has 25 nitrogen and oxygen atoms in total. The van der Waals surface area contributed by atoms with Crippen molar-refractivity contribution in [1.29, 1.82) is 0 Å². The molecule has 32 heteroatoms. The smallest absolute Gasteiger partial charge is 0.263 e. The third-order valence-corrected chi connectivity index (χ3v) is 21.0. The summed E-state index contributed by atoms with van der Waals surface area (Å²) in [7, 11) is 11.7. The number of aryl methyl sites for hydroxylation is 3. The molecule has 0 spiro atoms. The number of morpholine rings is 3. The molecule has 0 bridgehead atoms. The number of rotatable bonds is 14. The van der Waals surface area contributed by atoms with E-state index in [4.69, 9.17) is 119 Å². The van der Waals surface area contributed by atoms with Gasteiger partial charge in [0, 0.05) is 145 Å². The van der Waals surface area contributed by atoms with E-state index in [1.54, 1.807) is 106 Å². The van der Waals surface area contributed by atoms with Gasteiger partial charge in [0.05, 0.1) is 139 Å². The lowest BCUT2D eigenvalue weighted by Crippen LogP contribution is -2.36. The maximum Gasteiger partial charge on any atom is 0.263 e. The van der Waals surface area contributed by atoms with Crippen LogP contribution >= 0.6 is 93.6 Å². The number of alkyl halides is 2. The number of nitrogen functional groups attached to an aromatic ring is 1. The summed E-state index contributed by atoms with van der Waals surface area (Å²) in [6.45, 7) is 10.2. The van der Waals surface area contributed by atoms with Crippen LogP contribution in [0.3, 0.4) is 0 Å². The third-order valence-electron chi connectivity index (χ3n) is 19.9. The molecule has 3 aliphatic heterocycles. The van der Waals surface area contributed by atoms with E-state index >= 15 is 0 Å². The molecule has 3 fully saturated rings. The molecule has 8 aromatic carbocycles. The fourth-order valence-corrected chi connectivity index (χ4v) is 14.8. The quantitative estimate of drug-likeness (QED) is 0.0435. The number of aromatic amines is 3. The fraction of sp³-hybridized carbons (Fsp3) is 0.268. The Morgan fingerprint density at radius 1 is 0.447 bits per heavy atom. The van der Waals surface area contributed by atoms with Crippen LogP contribution in [-0.2, 0) is 48.4 Å². The molecule has 0 saturated carbocycles. The second-order valence-corrected chi connectivity index (χ2v) is 29.0. The number of ether oxygens (including phenoxy) is 7. The van der Waals surface area contributed by atoms with Crippen molar-refractivity contribution in [3.8, 4) is 57.2 Å². The summed E-state index contributed by atoms with van der Waals surface area (Å²) in [5.41, 5.74) is 25.8. The number of methoxy groups -OCH3 is 4. The zero-order valence-electron chi connectivity index (χ0n) is 63.4. The maximum atomic E-state index is 13.9. The molecule has 0 aliphatic carbocycles. The highest BCUT2D eigenvalue weighted by Crippen LogP contribution is 2.39. The first-order valence-corrected chi connectivity index (χ1v) is 38.7. The molecule has 0 amide bonds. The number of nitrogens with one attached hydrogen (secondary N) is 4. The average Bonchev–Trinajstić information content (AvgIpc) is 1.12. The number of H-pyrrole nitrogens is 3. The van der Waals surface area contributed by atoms with E-state index in [0.29, 0.717) is 109 Å². The molecular weight excluding hydrogens is 1690 g/mol. The van der Waals surface area contributed by atoms with E-state index in [1.807, 2.05) is 84.9 Å². The molecule has 114 heavy (non-hydrogen) atoms. The van der Waals surface area contributed by atoms with E-state index in [-0.39, 0.29) is 46.0 Å². The molecule has 0 unspecified atom stereocenters. The predicted octanol–water partition coefficient (Wildman–Crippen LogP) is 15.8. The number of halogens is 7. The molecule has 596 valence electrons. The minimum atomic E-state index is -0.211. The number of anilines is 5. The van der Waals surface area contributed by atoms with Gasteiger partial charge in [0.25, 0.3) is 16.7 Å². The van der Waals surface area contributed by atoms with Gasteiger partial charge in [-0.2, -0.15) is 0 Å². The van der Waals surface area contributed by atoms with Gasteiger partial charge in [-0.25, -0.2) is 15.0 Å². The number of nitrogens with zero attached hydrogens (tertiary/aromatic N) is 9. The molecule has 9 heterocycles. The Labute approximate surface area is 702 Å². The highest BCUT2D eigenvalue weighted by atomic mass is 127. The summed E-state index contributed by atoms with van der Waals surface area (Å²) in [6, 6.07) is 45.6. The van der Waals surface area contributed by atoms with Crippen LogP contribution in [-0.4, -0.2) is 156 Å². The van der Waals surface area contributed by atoms with E-state index < -0.39 is 0 Å². The monoisotopic (exact) mass is 1780 g/mol. The van der Waals surface area contributed by atoms with Gasteiger partial charge in [0.1, 0.15) is 57.2 Å². The van der Waals surface area contributed by atoms with Crippen molar-refractivity contribution in [2.45, 2.75) is 13.1 Å². The topological polar surface area (TPSA) is 290 Å². The van der Waals surface area contributed by atoms with Gasteiger partial charge in [0.2, 0.25) is 0 Å². The summed E-state index contributed by atoms with van der Waals surface area (Å²) in [6.07, 6.45) is 0. The SMILES string of the molecule is COc1ccc(CN)c(OC)c1.COc1ccc(CNc2c(-c3nc4ccc(N5CCOCC5)cc4[nH]3)c(=O)n(C)c3ccc(Cl)cc23)c(OC)c1.ClCCl.Cn1c(=O)c(-c2nc3ccc(N4CCOCC4)cc3[nH]2)c(Cl)c2cc(Cl)ccc21.Cn1c(=O)c(-c2nc3ccc(N4CCOCC4)cc3[nH]2)c(N)c2cc(Cl)ccc21.I. The van der Waals surface area contributed by atoms with Gasteiger partial charge in [-0.3, -0.25) is 14.4 Å². The predicted molar refractivity (Wildman–Crippen MR) is 473 cm³/mol. The molecule has 0 atom stereocenters. The van der Waals surface area contributed by atoms with Gasteiger partial charge in [-0.05, 0) is 127 Å². The minimum Gasteiger partial charge on any atom is -0.497 e. The van der Waals surface area contributed by atoms with Crippen molar-refractivity contribution in [3.05, 3.63) is 208 Å². The van der Waals surface area contributed by atoms with Crippen LogP contribution in [0.15, 0.2) is 160 Å². The number of hydrogen-bond acceptors (Lipinski definition) is 19. The Balaban J connectivity index is 0.000000146.